The molecule has 1 saturated heterocycles. The van der Waals surface area contributed by atoms with Crippen molar-refractivity contribution < 1.29 is 9.53 Å². The maximum Gasteiger partial charge on any atom is 0.273 e. The van der Waals surface area contributed by atoms with Crippen LogP contribution in [0, 0.1) is 26.7 Å². The minimum absolute atomic E-state index is 0.0265. The third kappa shape index (κ3) is 3.30. The molecular formula is C17H26N6O2. The van der Waals surface area contributed by atoms with Gasteiger partial charge in [-0.1, -0.05) is 0 Å². The molecule has 1 N–H and O–H groups in total. The average Bonchev–Trinajstić information content (AvgIpc) is 3.24. The van der Waals surface area contributed by atoms with Gasteiger partial charge in [0.1, 0.15) is 0 Å². The number of carbonyl (C=O) groups is 1. The van der Waals surface area contributed by atoms with Crippen molar-refractivity contribution in [3.8, 4) is 0 Å². The van der Waals surface area contributed by atoms with Crippen molar-refractivity contribution in [3.05, 3.63) is 28.3 Å². The third-order valence-electron chi connectivity index (χ3n) is 4.91. The van der Waals surface area contributed by atoms with Gasteiger partial charge in [-0.2, -0.15) is 15.0 Å². The smallest absolute Gasteiger partial charge is 0.273 e. The molecule has 136 valence electrons. The Kier molecular flexibility index (Phi) is 4.89. The van der Waals surface area contributed by atoms with E-state index >= 15 is 0 Å². The molecular weight excluding hydrogens is 320 g/mol. The number of aromatic nitrogens is 5. The molecule has 0 saturated carbocycles. The van der Waals surface area contributed by atoms with Crippen LogP contribution in [0.15, 0.2) is 0 Å². The molecule has 0 aliphatic carbocycles. The van der Waals surface area contributed by atoms with E-state index in [1.165, 1.54) is 4.80 Å². The number of ether oxygens (including phenoxy) is 1. The molecule has 25 heavy (non-hydrogen) atoms. The lowest BCUT2D eigenvalue weighted by Crippen LogP contribution is -2.31. The lowest BCUT2D eigenvalue weighted by atomic mass is 9.94. The molecule has 1 fully saturated rings. The molecule has 0 bridgehead atoms. The number of amides is 1. The topological polar surface area (TPSA) is 86.9 Å². The van der Waals surface area contributed by atoms with Crippen LogP contribution < -0.4 is 5.32 Å². The minimum Gasteiger partial charge on any atom is -0.373 e. The highest BCUT2D eigenvalue weighted by Gasteiger charge is 2.34. The van der Waals surface area contributed by atoms with E-state index in [9.17, 15) is 4.79 Å². The third-order valence-corrected chi connectivity index (χ3v) is 4.91. The van der Waals surface area contributed by atoms with E-state index in [-0.39, 0.29) is 17.9 Å². The number of carbonyl (C=O) groups excluding carboxylic acids is 1. The maximum atomic E-state index is 12.4. The largest absolute Gasteiger partial charge is 0.373 e. The maximum absolute atomic E-state index is 12.4. The lowest BCUT2D eigenvalue weighted by Gasteiger charge is -2.19. The summed E-state index contributed by atoms with van der Waals surface area (Å²) in [6, 6.07) is 0. The Morgan fingerprint density at radius 2 is 2.00 bits per heavy atom. The Bertz CT molecular complexity index is 778. The zero-order valence-electron chi connectivity index (χ0n) is 15.5. The zero-order valence-corrected chi connectivity index (χ0v) is 15.5. The van der Waals surface area contributed by atoms with Crippen molar-refractivity contribution in [2.45, 2.75) is 46.8 Å². The summed E-state index contributed by atoms with van der Waals surface area (Å²) in [6.07, 6.45) is 0.890. The molecule has 0 unspecified atom stereocenters. The minimum atomic E-state index is -0.178. The monoisotopic (exact) mass is 346 g/mol. The van der Waals surface area contributed by atoms with Gasteiger partial charge in [-0.3, -0.25) is 9.48 Å². The highest BCUT2D eigenvalue weighted by atomic mass is 16.5. The van der Waals surface area contributed by atoms with Crippen molar-refractivity contribution in [1.29, 1.82) is 0 Å². The van der Waals surface area contributed by atoms with E-state index in [1.807, 2.05) is 25.6 Å². The van der Waals surface area contributed by atoms with E-state index in [1.54, 1.807) is 6.92 Å². The Hall–Kier alpha value is -2.22. The Morgan fingerprint density at radius 3 is 2.60 bits per heavy atom. The second kappa shape index (κ2) is 6.95. The fourth-order valence-electron chi connectivity index (χ4n) is 3.45. The second-order valence-electron chi connectivity index (χ2n) is 6.58. The fourth-order valence-corrected chi connectivity index (χ4v) is 3.45. The van der Waals surface area contributed by atoms with Crippen molar-refractivity contribution in [1.82, 2.24) is 30.1 Å². The highest BCUT2D eigenvalue weighted by molar-refractivity contribution is 5.93. The Labute approximate surface area is 147 Å². The zero-order chi connectivity index (χ0) is 18.1. The van der Waals surface area contributed by atoms with Crippen molar-refractivity contribution in [2.75, 3.05) is 13.2 Å². The van der Waals surface area contributed by atoms with Gasteiger partial charge in [-0.15, -0.1) is 5.10 Å². The lowest BCUT2D eigenvalue weighted by molar-refractivity contribution is 0.0837. The van der Waals surface area contributed by atoms with Gasteiger partial charge in [0.05, 0.1) is 24.0 Å². The number of nitrogens with one attached hydrogen (secondary N) is 1. The van der Waals surface area contributed by atoms with E-state index < -0.39 is 0 Å². The first-order chi connectivity index (χ1) is 11.9. The van der Waals surface area contributed by atoms with Gasteiger partial charge in [0.15, 0.2) is 5.69 Å². The van der Waals surface area contributed by atoms with Crippen LogP contribution in [0.3, 0.4) is 0 Å². The first kappa shape index (κ1) is 17.6. The number of nitrogens with zero attached hydrogens (tertiary/aromatic N) is 5. The average molecular weight is 346 g/mol. The second-order valence-corrected chi connectivity index (χ2v) is 6.58. The van der Waals surface area contributed by atoms with E-state index in [0.717, 1.165) is 23.4 Å². The molecule has 1 aliphatic heterocycles. The molecule has 0 radical (unpaired) electrons. The number of hydrogen-bond acceptors (Lipinski definition) is 5. The van der Waals surface area contributed by atoms with Gasteiger partial charge in [0, 0.05) is 37.4 Å². The van der Waals surface area contributed by atoms with Gasteiger partial charge in [0.2, 0.25) is 0 Å². The van der Waals surface area contributed by atoms with Gasteiger partial charge in [-0.05, 0) is 34.1 Å². The van der Waals surface area contributed by atoms with E-state index in [4.69, 9.17) is 4.74 Å². The van der Waals surface area contributed by atoms with Crippen LogP contribution in [0.2, 0.25) is 0 Å². The molecule has 2 atom stereocenters. The molecule has 3 rings (SSSR count). The molecule has 2 aromatic heterocycles. The molecule has 1 aliphatic rings. The molecule has 8 nitrogen and oxygen atoms in total. The van der Waals surface area contributed by atoms with Crippen LogP contribution in [0.25, 0.3) is 0 Å². The van der Waals surface area contributed by atoms with Gasteiger partial charge in [-0.25, -0.2) is 0 Å². The van der Waals surface area contributed by atoms with Crippen LogP contribution in [0.4, 0.5) is 0 Å². The number of rotatable bonds is 5. The standard InChI is InChI=1S/C17H26N6O2/c1-6-23-20-11(3)15(21-23)17(24)18-9-13-7-8-25-16(13)14-10(2)19-22(5)12(14)4/h13,16H,6-9H2,1-5H3,(H,18,24)/t13-,16+/m1/s1. The molecule has 3 heterocycles. The van der Waals surface area contributed by atoms with Crippen molar-refractivity contribution in [2.24, 2.45) is 13.0 Å². The van der Waals surface area contributed by atoms with Crippen molar-refractivity contribution >= 4 is 5.91 Å². The summed E-state index contributed by atoms with van der Waals surface area (Å²) in [4.78, 5) is 14.0. The van der Waals surface area contributed by atoms with Crippen LogP contribution in [-0.4, -0.2) is 43.8 Å². The summed E-state index contributed by atoms with van der Waals surface area (Å²) in [5.74, 6) is 0.0505. The quantitative estimate of drug-likeness (QED) is 0.886. The van der Waals surface area contributed by atoms with Crippen LogP contribution >= 0.6 is 0 Å². The number of hydrogen-bond donors (Lipinski definition) is 1. The normalized spacial score (nSPS) is 20.2. The van der Waals surface area contributed by atoms with Crippen molar-refractivity contribution in [3.63, 3.8) is 0 Å². The number of aryl methyl sites for hydroxylation is 4. The summed E-state index contributed by atoms with van der Waals surface area (Å²) in [7, 11) is 1.94. The van der Waals surface area contributed by atoms with E-state index in [0.29, 0.717) is 31.1 Å². The first-order valence-corrected chi connectivity index (χ1v) is 8.74. The summed E-state index contributed by atoms with van der Waals surface area (Å²) < 4.78 is 7.86. The van der Waals surface area contributed by atoms with E-state index in [2.05, 4.69) is 27.5 Å². The molecule has 2 aromatic rings. The molecule has 1 amide bonds. The SMILES string of the molecule is CCn1nc(C)c(C(=O)NC[C@H]2CCO[C@@H]2c2c(C)nn(C)c2C)n1. The van der Waals surface area contributed by atoms with Crippen LogP contribution in [0.1, 0.15) is 52.6 Å². The molecule has 8 heteroatoms. The fraction of sp³-hybridized carbons (Fsp3) is 0.647. The summed E-state index contributed by atoms with van der Waals surface area (Å²) in [5.41, 5.74) is 4.29. The predicted molar refractivity (Wildman–Crippen MR) is 92.2 cm³/mol. The Morgan fingerprint density at radius 1 is 1.24 bits per heavy atom. The molecule has 0 spiro atoms. The summed E-state index contributed by atoms with van der Waals surface area (Å²) in [5, 5.41) is 15.9. The summed E-state index contributed by atoms with van der Waals surface area (Å²) >= 11 is 0. The highest BCUT2D eigenvalue weighted by Crippen LogP contribution is 2.37. The Balaban J connectivity index is 1.69. The van der Waals surface area contributed by atoms with Gasteiger partial charge >= 0.3 is 0 Å². The predicted octanol–water partition coefficient (Wildman–Crippen LogP) is 1.46. The van der Waals surface area contributed by atoms with Gasteiger partial charge < -0.3 is 10.1 Å². The van der Waals surface area contributed by atoms with Crippen LogP contribution in [0.5, 0.6) is 0 Å². The first-order valence-electron chi connectivity index (χ1n) is 8.74. The molecule has 0 aromatic carbocycles. The summed E-state index contributed by atoms with van der Waals surface area (Å²) in [6.45, 7) is 9.70. The van der Waals surface area contributed by atoms with Gasteiger partial charge in [0.25, 0.3) is 5.91 Å². The van der Waals surface area contributed by atoms with Crippen LogP contribution in [-0.2, 0) is 18.3 Å².